The molecule has 1 saturated heterocycles. The Labute approximate surface area is 225 Å². The number of fused-ring (bicyclic) bond motifs is 1. The van der Waals surface area contributed by atoms with Crippen molar-refractivity contribution in [3.8, 4) is 0 Å². The molecule has 7 nitrogen and oxygen atoms in total. The summed E-state index contributed by atoms with van der Waals surface area (Å²) >= 11 is 7.75. The third kappa shape index (κ3) is 4.94. The Morgan fingerprint density at radius 1 is 1.34 bits per heavy atom. The number of halogens is 5. The van der Waals surface area contributed by atoms with Crippen LogP contribution in [0.2, 0.25) is 5.02 Å². The number of nitrogens with zero attached hydrogens (tertiary/aromatic N) is 6. The van der Waals surface area contributed by atoms with Crippen molar-refractivity contribution >= 4 is 40.3 Å². The van der Waals surface area contributed by atoms with Crippen molar-refractivity contribution in [1.82, 2.24) is 24.6 Å². The molecule has 5 rings (SSSR count). The topological polar surface area (TPSA) is 66.6 Å². The molecule has 2 atom stereocenters. The Bertz CT molecular complexity index is 1420. The summed E-state index contributed by atoms with van der Waals surface area (Å²) in [5.41, 5.74) is -0.127. The highest BCUT2D eigenvalue weighted by atomic mass is 35.5. The Balaban J connectivity index is 1.67. The fourth-order valence-electron chi connectivity index (χ4n) is 4.77. The molecule has 0 saturated carbocycles. The number of allylic oxidation sites excluding steroid dienone is 1. The number of amides is 1. The van der Waals surface area contributed by atoms with Crippen molar-refractivity contribution in [3.63, 3.8) is 0 Å². The fourth-order valence-corrected chi connectivity index (χ4v) is 5.68. The smallest absolute Gasteiger partial charge is 0.333 e. The number of carbonyl (C=O) groups excluding carboxylic acids is 1. The first-order valence-electron chi connectivity index (χ1n) is 11.7. The van der Waals surface area contributed by atoms with Crippen molar-refractivity contribution in [1.29, 1.82) is 0 Å². The Kier molecular flexibility index (Phi) is 7.03. The molecule has 0 bridgehead atoms. The van der Waals surface area contributed by atoms with Crippen LogP contribution in [-0.4, -0.2) is 62.6 Å². The lowest BCUT2D eigenvalue weighted by atomic mass is 9.89. The van der Waals surface area contributed by atoms with Gasteiger partial charge in [0.1, 0.15) is 17.5 Å². The van der Waals surface area contributed by atoms with Crippen LogP contribution in [0, 0.1) is 5.82 Å². The molecule has 0 spiro atoms. The summed E-state index contributed by atoms with van der Waals surface area (Å²) < 4.78 is 57.7. The van der Waals surface area contributed by atoms with Gasteiger partial charge in [0.2, 0.25) is 5.91 Å². The van der Waals surface area contributed by atoms with E-state index in [0.29, 0.717) is 37.9 Å². The van der Waals surface area contributed by atoms with Gasteiger partial charge >= 0.3 is 6.55 Å². The zero-order chi connectivity index (χ0) is 27.2. The highest BCUT2D eigenvalue weighted by Gasteiger charge is 2.48. The number of hydrogen-bond donors (Lipinski definition) is 0. The molecule has 38 heavy (non-hydrogen) atoms. The van der Waals surface area contributed by atoms with Crippen LogP contribution in [0.5, 0.6) is 0 Å². The average molecular weight is 567 g/mol. The third-order valence-corrected chi connectivity index (χ3v) is 7.72. The van der Waals surface area contributed by atoms with Gasteiger partial charge in [-0.3, -0.25) is 9.79 Å². The van der Waals surface area contributed by atoms with E-state index in [9.17, 15) is 18.0 Å². The van der Waals surface area contributed by atoms with E-state index in [-0.39, 0.29) is 36.7 Å². The van der Waals surface area contributed by atoms with E-state index in [1.165, 1.54) is 40.8 Å². The van der Waals surface area contributed by atoms with E-state index in [1.807, 2.05) is 0 Å². The van der Waals surface area contributed by atoms with E-state index < -0.39 is 24.1 Å². The van der Waals surface area contributed by atoms with Gasteiger partial charge < -0.3 is 9.80 Å². The van der Waals surface area contributed by atoms with Gasteiger partial charge in [-0.05, 0) is 24.1 Å². The van der Waals surface area contributed by atoms with Crippen molar-refractivity contribution < 1.29 is 22.4 Å². The van der Waals surface area contributed by atoms with Crippen LogP contribution in [-0.2, 0) is 4.79 Å². The summed E-state index contributed by atoms with van der Waals surface area (Å²) in [7, 11) is 3.22. The highest BCUT2D eigenvalue weighted by molar-refractivity contribution is 7.11. The standard InChI is InChI=1S/C25H23ClF4N6OS/c1-34(2)19(37)5-6-25(30)10-18-20(14-11-32-36(12-14)24(28)29)21(16-4-3-15(27)9-17(16)26)33-22(35(18)13-25)23-31-7-8-38-23/h3-4,7-9,11-12,21,24H,5-6,10,13H2,1-2H3/t21-,25?/m0/s1. The maximum Gasteiger partial charge on any atom is 0.333 e. The maximum absolute atomic E-state index is 16.4. The highest BCUT2D eigenvalue weighted by Crippen LogP contribution is 2.50. The summed E-state index contributed by atoms with van der Waals surface area (Å²) in [5, 5.41) is 6.15. The molecule has 1 fully saturated rings. The monoisotopic (exact) mass is 566 g/mol. The van der Waals surface area contributed by atoms with E-state index >= 15 is 4.39 Å². The minimum Gasteiger partial charge on any atom is -0.349 e. The Morgan fingerprint density at radius 2 is 2.13 bits per heavy atom. The summed E-state index contributed by atoms with van der Waals surface area (Å²) in [6.07, 6.45) is 3.91. The average Bonchev–Trinajstić information content (AvgIpc) is 3.61. The van der Waals surface area contributed by atoms with Crippen LogP contribution < -0.4 is 0 Å². The van der Waals surface area contributed by atoms with Crippen LogP contribution >= 0.6 is 22.9 Å². The summed E-state index contributed by atoms with van der Waals surface area (Å²) in [4.78, 5) is 24.6. The van der Waals surface area contributed by atoms with Gasteiger partial charge in [-0.2, -0.15) is 13.9 Å². The van der Waals surface area contributed by atoms with Crippen molar-refractivity contribution in [2.75, 3.05) is 20.6 Å². The maximum atomic E-state index is 16.4. The zero-order valence-corrected chi connectivity index (χ0v) is 22.0. The molecular weight excluding hydrogens is 544 g/mol. The van der Waals surface area contributed by atoms with E-state index in [0.717, 1.165) is 6.07 Å². The second-order valence-electron chi connectivity index (χ2n) is 9.41. The van der Waals surface area contributed by atoms with Crippen LogP contribution in [0.1, 0.15) is 48.0 Å². The minimum atomic E-state index is -2.88. The number of thiazole rings is 1. The first kappa shape index (κ1) is 26.4. The number of amidine groups is 1. The van der Waals surface area contributed by atoms with Crippen LogP contribution in [0.15, 0.2) is 52.9 Å². The van der Waals surface area contributed by atoms with Gasteiger partial charge in [0.05, 0.1) is 12.7 Å². The Hall–Kier alpha value is -3.25. The van der Waals surface area contributed by atoms with Gasteiger partial charge in [0.25, 0.3) is 0 Å². The number of rotatable bonds is 7. The lowest BCUT2D eigenvalue weighted by Crippen LogP contribution is -2.36. The molecule has 1 amide bonds. The second-order valence-corrected chi connectivity index (χ2v) is 10.7. The fraction of sp³-hybridized carbons (Fsp3) is 0.360. The zero-order valence-electron chi connectivity index (χ0n) is 20.4. The molecule has 200 valence electrons. The summed E-state index contributed by atoms with van der Waals surface area (Å²) in [6, 6.07) is 2.99. The van der Waals surface area contributed by atoms with Gasteiger partial charge in [0.15, 0.2) is 10.8 Å². The molecule has 2 aromatic heterocycles. The molecule has 2 aliphatic rings. The normalized spacial score (nSPS) is 21.2. The number of benzene rings is 1. The quantitative estimate of drug-likeness (QED) is 0.343. The predicted octanol–water partition coefficient (Wildman–Crippen LogP) is 5.72. The van der Waals surface area contributed by atoms with Crippen molar-refractivity contribution in [2.45, 2.75) is 37.5 Å². The molecule has 0 aliphatic carbocycles. The Morgan fingerprint density at radius 3 is 2.76 bits per heavy atom. The lowest BCUT2D eigenvalue weighted by Gasteiger charge is -2.32. The predicted molar refractivity (Wildman–Crippen MR) is 136 cm³/mol. The van der Waals surface area contributed by atoms with Gasteiger partial charge in [-0.15, -0.1) is 11.3 Å². The van der Waals surface area contributed by atoms with Crippen LogP contribution in [0.4, 0.5) is 17.6 Å². The molecule has 0 N–H and O–H groups in total. The van der Waals surface area contributed by atoms with Crippen molar-refractivity contribution in [3.05, 3.63) is 74.8 Å². The molecule has 4 heterocycles. The van der Waals surface area contributed by atoms with Crippen molar-refractivity contribution in [2.24, 2.45) is 4.99 Å². The number of hydrogen-bond acceptors (Lipinski definition) is 6. The number of carbonyl (C=O) groups is 1. The van der Waals surface area contributed by atoms with Gasteiger partial charge in [0, 0.05) is 66.6 Å². The lowest BCUT2D eigenvalue weighted by molar-refractivity contribution is -0.129. The summed E-state index contributed by atoms with van der Waals surface area (Å²) in [5.74, 6) is -0.359. The molecule has 1 aromatic carbocycles. The van der Waals surface area contributed by atoms with Crippen LogP contribution in [0.3, 0.4) is 0 Å². The third-order valence-electron chi connectivity index (χ3n) is 6.62. The van der Waals surface area contributed by atoms with E-state index in [1.54, 1.807) is 30.6 Å². The molecule has 1 unspecified atom stereocenters. The largest absolute Gasteiger partial charge is 0.349 e. The molecule has 3 aromatic rings. The minimum absolute atomic E-state index is 0.000214. The van der Waals surface area contributed by atoms with E-state index in [2.05, 4.69) is 10.1 Å². The van der Waals surface area contributed by atoms with Gasteiger partial charge in [-0.25, -0.2) is 18.4 Å². The van der Waals surface area contributed by atoms with E-state index in [4.69, 9.17) is 16.6 Å². The molecule has 2 aliphatic heterocycles. The first-order chi connectivity index (χ1) is 18.1. The molecular formula is C25H23ClF4N6OS. The second kappa shape index (κ2) is 10.1. The SMILES string of the molecule is CN(C)C(=O)CCC1(F)CC2=C(c3cnn(C(F)F)c3)[C@H](c3ccc(F)cc3Cl)N=C(c3nccs3)N2C1. The van der Waals surface area contributed by atoms with Crippen LogP contribution in [0.25, 0.3) is 5.57 Å². The summed E-state index contributed by atoms with van der Waals surface area (Å²) in [6.45, 7) is -2.98. The number of aromatic nitrogens is 3. The van der Waals surface area contributed by atoms with Gasteiger partial charge in [-0.1, -0.05) is 17.7 Å². The number of alkyl halides is 3. The molecule has 0 radical (unpaired) electrons. The molecule has 13 heteroatoms. The first-order valence-corrected chi connectivity index (χ1v) is 13.0. The number of aliphatic imine (C=N–C) groups is 1.